The number of hydrogen-bond donors (Lipinski definition) is 3. The van der Waals surface area contributed by atoms with Crippen molar-refractivity contribution >= 4 is 45.0 Å². The molecule has 1 unspecified atom stereocenters. The van der Waals surface area contributed by atoms with Gasteiger partial charge in [0.05, 0.1) is 23.4 Å². The van der Waals surface area contributed by atoms with E-state index < -0.39 is 17.9 Å². The molecule has 0 saturated carbocycles. The third-order valence-electron chi connectivity index (χ3n) is 2.43. The van der Waals surface area contributed by atoms with Gasteiger partial charge in [-0.25, -0.2) is 0 Å². The number of amides is 2. The third kappa shape index (κ3) is 4.81. The maximum atomic E-state index is 11.6. The van der Waals surface area contributed by atoms with Gasteiger partial charge in [0.25, 0.3) is 0 Å². The van der Waals surface area contributed by atoms with Gasteiger partial charge in [-0.1, -0.05) is 34.5 Å². The first kappa shape index (κ1) is 15.9. The first-order valence-electron chi connectivity index (χ1n) is 5.65. The van der Waals surface area contributed by atoms with E-state index in [0.717, 1.165) is 4.47 Å². The maximum absolute atomic E-state index is 11.6. The molecular formula is C12H14BrClN2O3. The SMILES string of the molecule is CCC(CO)NC(=O)C(=O)Nc1ccc(Br)cc1Cl. The van der Waals surface area contributed by atoms with Crippen LogP contribution in [0.15, 0.2) is 22.7 Å². The first-order valence-corrected chi connectivity index (χ1v) is 6.82. The van der Waals surface area contributed by atoms with Gasteiger partial charge in [-0.2, -0.15) is 0 Å². The van der Waals surface area contributed by atoms with Crippen molar-refractivity contribution < 1.29 is 14.7 Å². The van der Waals surface area contributed by atoms with Gasteiger partial charge < -0.3 is 15.7 Å². The molecule has 0 radical (unpaired) electrons. The molecule has 0 bridgehead atoms. The number of rotatable bonds is 4. The molecule has 0 saturated heterocycles. The molecule has 0 heterocycles. The van der Waals surface area contributed by atoms with Crippen molar-refractivity contribution in [2.24, 2.45) is 0 Å². The number of anilines is 1. The topological polar surface area (TPSA) is 78.4 Å². The fourth-order valence-electron chi connectivity index (χ4n) is 1.30. The normalized spacial score (nSPS) is 11.8. The van der Waals surface area contributed by atoms with E-state index in [0.29, 0.717) is 17.1 Å². The summed E-state index contributed by atoms with van der Waals surface area (Å²) in [5.74, 6) is -1.63. The molecule has 1 rings (SSSR count). The Bertz CT molecular complexity index is 478. The minimum atomic E-state index is -0.823. The van der Waals surface area contributed by atoms with Crippen molar-refractivity contribution in [3.05, 3.63) is 27.7 Å². The zero-order chi connectivity index (χ0) is 14.4. The number of hydrogen-bond acceptors (Lipinski definition) is 3. The molecule has 5 nitrogen and oxygen atoms in total. The van der Waals surface area contributed by atoms with Crippen LogP contribution in [0.25, 0.3) is 0 Å². The minimum Gasteiger partial charge on any atom is -0.394 e. The minimum absolute atomic E-state index is 0.214. The molecule has 0 aliphatic rings. The van der Waals surface area contributed by atoms with Gasteiger partial charge >= 0.3 is 11.8 Å². The van der Waals surface area contributed by atoms with Crippen molar-refractivity contribution in [1.29, 1.82) is 0 Å². The number of halogens is 2. The van der Waals surface area contributed by atoms with Crippen LogP contribution in [0.1, 0.15) is 13.3 Å². The van der Waals surface area contributed by atoms with Crippen LogP contribution in [0.3, 0.4) is 0 Å². The highest BCUT2D eigenvalue weighted by molar-refractivity contribution is 9.10. The Morgan fingerprint density at radius 3 is 2.63 bits per heavy atom. The van der Waals surface area contributed by atoms with E-state index in [1.807, 2.05) is 0 Å². The number of aliphatic hydroxyl groups excluding tert-OH is 1. The molecular weight excluding hydrogens is 336 g/mol. The van der Waals surface area contributed by atoms with E-state index in [-0.39, 0.29) is 6.61 Å². The summed E-state index contributed by atoms with van der Waals surface area (Å²) in [6.45, 7) is 1.58. The zero-order valence-electron chi connectivity index (χ0n) is 10.2. The molecule has 0 fully saturated rings. The van der Waals surface area contributed by atoms with E-state index in [2.05, 4.69) is 26.6 Å². The Morgan fingerprint density at radius 1 is 1.42 bits per heavy atom. The first-order chi connectivity index (χ1) is 8.97. The summed E-state index contributed by atoms with van der Waals surface area (Å²) in [7, 11) is 0. The maximum Gasteiger partial charge on any atom is 0.313 e. The monoisotopic (exact) mass is 348 g/mol. The van der Waals surface area contributed by atoms with Crippen LogP contribution in [-0.2, 0) is 9.59 Å². The summed E-state index contributed by atoms with van der Waals surface area (Å²) >= 11 is 9.16. The molecule has 3 N–H and O–H groups in total. The highest BCUT2D eigenvalue weighted by Gasteiger charge is 2.18. The van der Waals surface area contributed by atoms with Crippen molar-refractivity contribution in [3.8, 4) is 0 Å². The van der Waals surface area contributed by atoms with Crippen LogP contribution in [0.2, 0.25) is 5.02 Å². The van der Waals surface area contributed by atoms with Crippen LogP contribution in [0.5, 0.6) is 0 Å². The lowest BCUT2D eigenvalue weighted by Crippen LogP contribution is -2.43. The van der Waals surface area contributed by atoms with Crippen LogP contribution in [0, 0.1) is 0 Å². The molecule has 19 heavy (non-hydrogen) atoms. The second-order valence-corrected chi connectivity index (χ2v) is 5.16. The standard InChI is InChI=1S/C12H14BrClN2O3/c1-2-8(6-17)15-11(18)12(19)16-10-4-3-7(13)5-9(10)14/h3-5,8,17H,2,6H2,1H3,(H,15,18)(H,16,19). The number of aliphatic hydroxyl groups is 1. The lowest BCUT2D eigenvalue weighted by atomic mass is 10.2. The largest absolute Gasteiger partial charge is 0.394 e. The lowest BCUT2D eigenvalue weighted by Gasteiger charge is -2.14. The quantitative estimate of drug-likeness (QED) is 0.727. The summed E-state index contributed by atoms with van der Waals surface area (Å²) in [4.78, 5) is 23.2. The van der Waals surface area contributed by atoms with Gasteiger partial charge in [0.2, 0.25) is 0 Å². The molecule has 104 valence electrons. The van der Waals surface area contributed by atoms with Crippen LogP contribution in [-0.4, -0.2) is 29.6 Å². The summed E-state index contributed by atoms with van der Waals surface area (Å²) in [6.07, 6.45) is 0.536. The smallest absolute Gasteiger partial charge is 0.313 e. The van der Waals surface area contributed by atoms with Crippen LogP contribution in [0.4, 0.5) is 5.69 Å². The van der Waals surface area contributed by atoms with Gasteiger partial charge in [-0.05, 0) is 24.6 Å². The lowest BCUT2D eigenvalue weighted by molar-refractivity contribution is -0.136. The number of nitrogens with one attached hydrogen (secondary N) is 2. The van der Waals surface area contributed by atoms with Gasteiger partial charge in [-0.3, -0.25) is 9.59 Å². The summed E-state index contributed by atoms with van der Waals surface area (Å²) in [5.41, 5.74) is 0.349. The molecule has 7 heteroatoms. The van der Waals surface area contributed by atoms with E-state index in [9.17, 15) is 9.59 Å². The molecule has 0 aromatic heterocycles. The summed E-state index contributed by atoms with van der Waals surface area (Å²) in [6, 6.07) is 4.46. The van der Waals surface area contributed by atoms with Crippen molar-refractivity contribution in [2.75, 3.05) is 11.9 Å². The van der Waals surface area contributed by atoms with Crippen LogP contribution < -0.4 is 10.6 Å². The summed E-state index contributed by atoms with van der Waals surface area (Å²) in [5, 5.41) is 14.1. The average Bonchev–Trinajstić information content (AvgIpc) is 2.38. The van der Waals surface area contributed by atoms with Gasteiger partial charge in [0.1, 0.15) is 0 Å². The van der Waals surface area contributed by atoms with Gasteiger partial charge in [0.15, 0.2) is 0 Å². The van der Waals surface area contributed by atoms with Crippen LogP contribution >= 0.6 is 27.5 Å². The number of carbonyl (C=O) groups is 2. The van der Waals surface area contributed by atoms with Gasteiger partial charge in [0, 0.05) is 4.47 Å². The Balaban J connectivity index is 2.66. The highest BCUT2D eigenvalue weighted by atomic mass is 79.9. The predicted octanol–water partition coefficient (Wildman–Crippen LogP) is 1.93. The average molecular weight is 350 g/mol. The molecule has 0 aliphatic carbocycles. The number of benzene rings is 1. The molecule has 0 spiro atoms. The Hall–Kier alpha value is -1.11. The molecule has 1 atom stereocenters. The van der Waals surface area contributed by atoms with Crippen molar-refractivity contribution in [3.63, 3.8) is 0 Å². The fourth-order valence-corrected chi connectivity index (χ4v) is 2.02. The molecule has 2 amide bonds. The predicted molar refractivity (Wildman–Crippen MR) is 77.1 cm³/mol. The molecule has 1 aromatic carbocycles. The zero-order valence-corrected chi connectivity index (χ0v) is 12.6. The van der Waals surface area contributed by atoms with E-state index >= 15 is 0 Å². The van der Waals surface area contributed by atoms with E-state index in [1.54, 1.807) is 25.1 Å². The molecule has 0 aliphatic heterocycles. The Kier molecular flexibility index (Phi) is 6.27. The Labute approximate surface area is 124 Å². The second-order valence-electron chi connectivity index (χ2n) is 3.84. The van der Waals surface area contributed by atoms with E-state index in [1.165, 1.54) is 0 Å². The summed E-state index contributed by atoms with van der Waals surface area (Å²) < 4.78 is 0.770. The molecule has 1 aromatic rings. The van der Waals surface area contributed by atoms with E-state index in [4.69, 9.17) is 16.7 Å². The Morgan fingerprint density at radius 2 is 2.11 bits per heavy atom. The van der Waals surface area contributed by atoms with Gasteiger partial charge in [-0.15, -0.1) is 0 Å². The highest BCUT2D eigenvalue weighted by Crippen LogP contribution is 2.25. The van der Waals surface area contributed by atoms with Crippen molar-refractivity contribution in [1.82, 2.24) is 5.32 Å². The number of carbonyl (C=O) groups excluding carboxylic acids is 2. The third-order valence-corrected chi connectivity index (χ3v) is 3.24. The van der Waals surface area contributed by atoms with Crippen molar-refractivity contribution in [2.45, 2.75) is 19.4 Å². The fraction of sp³-hybridized carbons (Fsp3) is 0.333. The second kappa shape index (κ2) is 7.47.